The smallest absolute Gasteiger partial charge is 0.313 e. The van der Waals surface area contributed by atoms with Crippen LogP contribution < -0.4 is 0 Å². The highest BCUT2D eigenvalue weighted by Crippen LogP contribution is 2.34. The van der Waals surface area contributed by atoms with E-state index in [0.29, 0.717) is 12.1 Å². The Morgan fingerprint density at radius 2 is 2.28 bits per heavy atom. The molecule has 1 N–H and O–H groups in total. The van der Waals surface area contributed by atoms with Crippen LogP contribution in [-0.2, 0) is 9.53 Å². The zero-order valence-corrected chi connectivity index (χ0v) is 11.5. The van der Waals surface area contributed by atoms with Crippen LogP contribution in [0, 0.1) is 11.8 Å². The summed E-state index contributed by atoms with van der Waals surface area (Å²) < 4.78 is 4.88. The van der Waals surface area contributed by atoms with Gasteiger partial charge in [0.1, 0.15) is 0 Å². The van der Waals surface area contributed by atoms with Crippen LogP contribution in [0.3, 0.4) is 0 Å². The van der Waals surface area contributed by atoms with E-state index in [4.69, 9.17) is 9.94 Å². The van der Waals surface area contributed by atoms with E-state index < -0.39 is 0 Å². The second kappa shape index (κ2) is 7.19. The lowest BCUT2D eigenvalue weighted by Crippen LogP contribution is -2.31. The first-order valence-electron chi connectivity index (χ1n) is 6.61. The predicted octanol–water partition coefficient (Wildman–Crippen LogP) is 3.15. The Balaban J connectivity index is 2.82. The van der Waals surface area contributed by atoms with Crippen LogP contribution in [0.15, 0.2) is 16.8 Å². The molecule has 0 spiro atoms. The van der Waals surface area contributed by atoms with E-state index in [1.807, 2.05) is 6.92 Å². The van der Waals surface area contributed by atoms with E-state index in [1.165, 1.54) is 13.5 Å². The van der Waals surface area contributed by atoms with Crippen LogP contribution in [0.25, 0.3) is 0 Å². The maximum Gasteiger partial charge on any atom is 0.313 e. The summed E-state index contributed by atoms with van der Waals surface area (Å²) in [5.74, 6) is -0.167. The van der Waals surface area contributed by atoms with Crippen molar-refractivity contribution >= 4 is 11.7 Å². The first-order chi connectivity index (χ1) is 8.63. The second-order valence-corrected chi connectivity index (χ2v) is 4.94. The van der Waals surface area contributed by atoms with E-state index in [2.05, 4.69) is 12.1 Å². The van der Waals surface area contributed by atoms with Crippen LogP contribution in [-0.4, -0.2) is 24.0 Å². The number of methoxy groups -OCH3 is 1. The molecule has 0 bridgehead atoms. The fourth-order valence-corrected chi connectivity index (χ4v) is 2.67. The molecule has 0 radical (unpaired) electrons. The Hall–Kier alpha value is -1.32. The normalized spacial score (nSPS) is 25.9. The number of oxime groups is 1. The first kappa shape index (κ1) is 14.7. The Bertz CT molecular complexity index is 347. The third-order valence-electron chi connectivity index (χ3n) is 3.59. The SMILES string of the molecule is CCCCC[C@@H]1C/C(=N\O)C=C(C)[C@@H]1C(=O)OC. The van der Waals surface area contributed by atoms with E-state index >= 15 is 0 Å². The van der Waals surface area contributed by atoms with Gasteiger partial charge in [-0.05, 0) is 31.8 Å². The quantitative estimate of drug-likeness (QED) is 0.354. The van der Waals surface area contributed by atoms with Gasteiger partial charge in [0.05, 0.1) is 18.7 Å². The number of carbonyl (C=O) groups excluding carboxylic acids is 1. The standard InChI is InChI=1S/C14H23NO3/c1-4-5-6-7-11-9-12(15-17)8-10(2)13(11)14(16)18-3/h8,11,13,17H,4-7,9H2,1-3H3/b15-12-/t11-,13+/m1/s1. The number of hydrogen-bond acceptors (Lipinski definition) is 4. The van der Waals surface area contributed by atoms with Gasteiger partial charge < -0.3 is 9.94 Å². The molecule has 0 unspecified atom stereocenters. The average molecular weight is 253 g/mol. The van der Waals surface area contributed by atoms with Crippen molar-refractivity contribution in [2.75, 3.05) is 7.11 Å². The molecule has 2 atom stereocenters. The summed E-state index contributed by atoms with van der Waals surface area (Å²) in [7, 11) is 1.42. The van der Waals surface area contributed by atoms with Gasteiger partial charge in [-0.3, -0.25) is 4.79 Å². The predicted molar refractivity (Wildman–Crippen MR) is 70.7 cm³/mol. The number of carbonyl (C=O) groups is 1. The van der Waals surface area contributed by atoms with Gasteiger partial charge in [0.15, 0.2) is 0 Å². The molecule has 0 aromatic rings. The molecule has 0 saturated heterocycles. The fraction of sp³-hybridized carbons (Fsp3) is 0.714. The van der Waals surface area contributed by atoms with Gasteiger partial charge in [-0.2, -0.15) is 0 Å². The largest absolute Gasteiger partial charge is 0.469 e. The minimum atomic E-state index is -0.183. The van der Waals surface area contributed by atoms with Crippen molar-refractivity contribution in [3.63, 3.8) is 0 Å². The summed E-state index contributed by atoms with van der Waals surface area (Å²) in [5, 5.41) is 12.2. The molecule has 0 heterocycles. The molecule has 0 amide bonds. The number of rotatable bonds is 5. The molecule has 1 rings (SSSR count). The van der Waals surface area contributed by atoms with Crippen LogP contribution >= 0.6 is 0 Å². The van der Waals surface area contributed by atoms with Crippen molar-refractivity contribution in [3.8, 4) is 0 Å². The van der Waals surface area contributed by atoms with Gasteiger partial charge >= 0.3 is 5.97 Å². The number of allylic oxidation sites excluding steroid dienone is 1. The lowest BCUT2D eigenvalue weighted by atomic mass is 9.75. The Morgan fingerprint density at radius 1 is 1.56 bits per heavy atom. The zero-order valence-electron chi connectivity index (χ0n) is 11.5. The number of unbranched alkanes of at least 4 members (excludes halogenated alkanes) is 2. The summed E-state index contributed by atoms with van der Waals surface area (Å²) in [5.41, 5.74) is 1.59. The topological polar surface area (TPSA) is 58.9 Å². The number of hydrogen-bond donors (Lipinski definition) is 1. The van der Waals surface area contributed by atoms with Crippen molar-refractivity contribution in [1.82, 2.24) is 0 Å². The van der Waals surface area contributed by atoms with Crippen LogP contribution in [0.1, 0.15) is 46.0 Å². The monoisotopic (exact) mass is 253 g/mol. The van der Waals surface area contributed by atoms with E-state index in [1.54, 1.807) is 6.08 Å². The highest BCUT2D eigenvalue weighted by molar-refractivity contribution is 5.98. The first-order valence-corrected chi connectivity index (χ1v) is 6.61. The van der Waals surface area contributed by atoms with Crippen LogP contribution in [0.4, 0.5) is 0 Å². The maximum absolute atomic E-state index is 11.8. The van der Waals surface area contributed by atoms with Gasteiger partial charge in [0, 0.05) is 0 Å². The summed E-state index contributed by atoms with van der Waals surface area (Å²) in [6.45, 7) is 4.06. The minimum Gasteiger partial charge on any atom is -0.469 e. The van der Waals surface area contributed by atoms with Gasteiger partial charge in [0.2, 0.25) is 0 Å². The van der Waals surface area contributed by atoms with E-state index in [-0.39, 0.29) is 17.8 Å². The number of ether oxygens (including phenoxy) is 1. The lowest BCUT2D eigenvalue weighted by molar-refractivity contribution is -0.145. The molecule has 0 aromatic carbocycles. The zero-order chi connectivity index (χ0) is 13.5. The van der Waals surface area contributed by atoms with Gasteiger partial charge in [-0.1, -0.05) is 36.9 Å². The molecule has 1 aliphatic rings. The van der Waals surface area contributed by atoms with Crippen molar-refractivity contribution in [2.45, 2.75) is 46.0 Å². The minimum absolute atomic E-state index is 0.178. The average Bonchev–Trinajstić information content (AvgIpc) is 2.37. The Morgan fingerprint density at radius 3 is 2.83 bits per heavy atom. The van der Waals surface area contributed by atoms with Gasteiger partial charge in [-0.25, -0.2) is 0 Å². The summed E-state index contributed by atoms with van der Waals surface area (Å²) in [4.78, 5) is 11.8. The summed E-state index contributed by atoms with van der Waals surface area (Å²) in [6.07, 6.45) is 6.83. The van der Waals surface area contributed by atoms with Crippen LogP contribution in [0.5, 0.6) is 0 Å². The van der Waals surface area contributed by atoms with Crippen molar-refractivity contribution < 1.29 is 14.7 Å². The fourth-order valence-electron chi connectivity index (χ4n) is 2.67. The molecular weight excluding hydrogens is 230 g/mol. The van der Waals surface area contributed by atoms with Crippen molar-refractivity contribution in [1.29, 1.82) is 0 Å². The highest BCUT2D eigenvalue weighted by Gasteiger charge is 2.34. The molecule has 0 aromatic heterocycles. The van der Waals surface area contributed by atoms with Gasteiger partial charge in [0.25, 0.3) is 0 Å². The summed E-state index contributed by atoms with van der Waals surface area (Å²) in [6, 6.07) is 0. The molecule has 0 aliphatic heterocycles. The van der Waals surface area contributed by atoms with E-state index in [0.717, 1.165) is 24.8 Å². The molecular formula is C14H23NO3. The molecule has 4 heteroatoms. The van der Waals surface area contributed by atoms with E-state index in [9.17, 15) is 4.79 Å². The van der Waals surface area contributed by atoms with Gasteiger partial charge in [-0.15, -0.1) is 0 Å². The number of nitrogens with zero attached hydrogens (tertiary/aromatic N) is 1. The molecule has 0 fully saturated rings. The molecule has 102 valence electrons. The summed E-state index contributed by atoms with van der Waals surface area (Å²) >= 11 is 0. The number of esters is 1. The third kappa shape index (κ3) is 3.59. The van der Waals surface area contributed by atoms with Crippen molar-refractivity contribution in [2.24, 2.45) is 17.0 Å². The van der Waals surface area contributed by atoms with Crippen molar-refractivity contribution in [3.05, 3.63) is 11.6 Å². The highest BCUT2D eigenvalue weighted by atomic mass is 16.5. The molecule has 4 nitrogen and oxygen atoms in total. The second-order valence-electron chi connectivity index (χ2n) is 4.94. The van der Waals surface area contributed by atoms with Crippen LogP contribution in [0.2, 0.25) is 0 Å². The Labute approximate surface area is 109 Å². The molecule has 0 saturated carbocycles. The molecule has 18 heavy (non-hydrogen) atoms. The Kier molecular flexibility index (Phi) is 5.89. The maximum atomic E-state index is 11.8. The lowest BCUT2D eigenvalue weighted by Gasteiger charge is -2.29. The molecule has 1 aliphatic carbocycles. The third-order valence-corrected chi connectivity index (χ3v) is 3.59.